The monoisotopic (exact) mass is 343 g/mol. The van der Waals surface area contributed by atoms with Crippen LogP contribution in [0.25, 0.3) is 10.9 Å². The molecule has 3 N–H and O–H groups in total. The van der Waals surface area contributed by atoms with E-state index in [2.05, 4.69) is 15.3 Å². The van der Waals surface area contributed by atoms with Crippen molar-refractivity contribution in [1.29, 1.82) is 0 Å². The molecule has 0 radical (unpaired) electrons. The molecule has 3 rings (SSSR count). The molecule has 0 spiro atoms. The molecule has 6 nitrogen and oxygen atoms in total. The Morgan fingerprint density at radius 3 is 3.04 bits per heavy atom. The third-order valence-electron chi connectivity index (χ3n) is 5.26. The van der Waals surface area contributed by atoms with Crippen molar-refractivity contribution >= 4 is 16.8 Å². The van der Waals surface area contributed by atoms with Crippen LogP contribution in [0.1, 0.15) is 44.9 Å². The second-order valence-corrected chi connectivity index (χ2v) is 7.21. The number of nitrogens with zero attached hydrogens (tertiary/aromatic N) is 1. The first-order valence-corrected chi connectivity index (χ1v) is 8.90. The van der Waals surface area contributed by atoms with Gasteiger partial charge in [0.1, 0.15) is 5.82 Å². The molecule has 0 saturated heterocycles. The molecule has 0 aliphatic heterocycles. The predicted octanol–water partition coefficient (Wildman–Crippen LogP) is 1.91. The Bertz CT molecular complexity index is 817. The standard InChI is InChI=1S/C19H25N3O3/c1-19(12-23)11-5-8-15(19)21-17(24)10-4-9-16-20-14-7-3-2-6-13(14)18(25)22-16/h2-3,6-7,15,23H,4-5,8-12H2,1H3,(H,21,24)(H,20,22,25). The van der Waals surface area contributed by atoms with Gasteiger partial charge in [-0.05, 0) is 31.4 Å². The van der Waals surface area contributed by atoms with Gasteiger partial charge in [0, 0.05) is 24.3 Å². The Kier molecular flexibility index (Phi) is 5.18. The van der Waals surface area contributed by atoms with Gasteiger partial charge in [-0.2, -0.15) is 0 Å². The Balaban J connectivity index is 1.54. The van der Waals surface area contributed by atoms with Crippen molar-refractivity contribution in [2.45, 2.75) is 51.5 Å². The number of aryl methyl sites for hydroxylation is 1. The number of H-pyrrole nitrogens is 1. The summed E-state index contributed by atoms with van der Waals surface area (Å²) in [6, 6.07) is 7.27. The second kappa shape index (κ2) is 7.35. The Labute approximate surface area is 146 Å². The summed E-state index contributed by atoms with van der Waals surface area (Å²) >= 11 is 0. The van der Waals surface area contributed by atoms with E-state index in [9.17, 15) is 14.7 Å². The average molecular weight is 343 g/mol. The van der Waals surface area contributed by atoms with Crippen molar-refractivity contribution in [2.24, 2.45) is 5.41 Å². The summed E-state index contributed by atoms with van der Waals surface area (Å²) in [5, 5.41) is 13.2. The quantitative estimate of drug-likeness (QED) is 0.747. The molecule has 134 valence electrons. The minimum absolute atomic E-state index is 0.00490. The lowest BCUT2D eigenvalue weighted by Crippen LogP contribution is -2.44. The largest absolute Gasteiger partial charge is 0.396 e. The minimum Gasteiger partial charge on any atom is -0.396 e. The number of aliphatic hydroxyl groups excluding tert-OH is 1. The lowest BCUT2D eigenvalue weighted by Gasteiger charge is -2.30. The molecule has 2 unspecified atom stereocenters. The van der Waals surface area contributed by atoms with Crippen LogP contribution in [-0.4, -0.2) is 33.6 Å². The molecule has 1 aromatic heterocycles. The van der Waals surface area contributed by atoms with Gasteiger partial charge >= 0.3 is 0 Å². The third-order valence-corrected chi connectivity index (χ3v) is 5.26. The Morgan fingerprint density at radius 1 is 1.44 bits per heavy atom. The maximum atomic E-state index is 12.2. The van der Waals surface area contributed by atoms with E-state index in [0.717, 1.165) is 19.3 Å². The number of fused-ring (bicyclic) bond motifs is 1. The molecule has 1 aromatic carbocycles. The number of nitrogens with one attached hydrogen (secondary N) is 2. The molecular formula is C19H25N3O3. The van der Waals surface area contributed by atoms with Gasteiger partial charge in [0.2, 0.25) is 5.91 Å². The molecule has 1 amide bonds. The van der Waals surface area contributed by atoms with Crippen LogP contribution in [0.3, 0.4) is 0 Å². The van der Waals surface area contributed by atoms with Crippen molar-refractivity contribution in [3.8, 4) is 0 Å². The molecule has 1 heterocycles. The predicted molar refractivity (Wildman–Crippen MR) is 96.3 cm³/mol. The van der Waals surface area contributed by atoms with Crippen LogP contribution in [0.15, 0.2) is 29.1 Å². The van der Waals surface area contributed by atoms with Crippen molar-refractivity contribution in [3.63, 3.8) is 0 Å². The van der Waals surface area contributed by atoms with Gasteiger partial charge in [-0.25, -0.2) is 4.98 Å². The lowest BCUT2D eigenvalue weighted by molar-refractivity contribution is -0.122. The number of aromatic amines is 1. The van der Waals surface area contributed by atoms with Crippen molar-refractivity contribution in [3.05, 3.63) is 40.4 Å². The third kappa shape index (κ3) is 3.90. The summed E-state index contributed by atoms with van der Waals surface area (Å²) in [7, 11) is 0. The topological polar surface area (TPSA) is 95.1 Å². The molecule has 1 fully saturated rings. The number of benzene rings is 1. The van der Waals surface area contributed by atoms with E-state index >= 15 is 0 Å². The summed E-state index contributed by atoms with van der Waals surface area (Å²) in [6.45, 7) is 2.12. The van der Waals surface area contributed by atoms with Crippen molar-refractivity contribution in [2.75, 3.05) is 6.61 Å². The normalized spacial score (nSPS) is 23.0. The van der Waals surface area contributed by atoms with E-state index in [-0.39, 0.29) is 29.5 Å². The zero-order valence-corrected chi connectivity index (χ0v) is 14.5. The van der Waals surface area contributed by atoms with Crippen LogP contribution < -0.4 is 10.9 Å². The van der Waals surface area contributed by atoms with Crippen molar-refractivity contribution < 1.29 is 9.90 Å². The fourth-order valence-corrected chi connectivity index (χ4v) is 3.60. The van der Waals surface area contributed by atoms with E-state index < -0.39 is 0 Å². The average Bonchev–Trinajstić information content (AvgIpc) is 2.96. The van der Waals surface area contributed by atoms with E-state index in [1.165, 1.54) is 0 Å². The van der Waals surface area contributed by atoms with Gasteiger partial charge < -0.3 is 15.4 Å². The highest BCUT2D eigenvalue weighted by Gasteiger charge is 2.38. The van der Waals surface area contributed by atoms with Crippen LogP contribution >= 0.6 is 0 Å². The maximum absolute atomic E-state index is 12.2. The molecule has 25 heavy (non-hydrogen) atoms. The molecule has 0 bridgehead atoms. The van der Waals surface area contributed by atoms with Gasteiger partial charge in [-0.15, -0.1) is 0 Å². The number of carbonyl (C=O) groups is 1. The van der Waals surface area contributed by atoms with Gasteiger partial charge in [0.25, 0.3) is 5.56 Å². The number of carbonyl (C=O) groups excluding carboxylic acids is 1. The molecule has 1 saturated carbocycles. The lowest BCUT2D eigenvalue weighted by atomic mass is 9.85. The number of hydrogen-bond acceptors (Lipinski definition) is 4. The number of rotatable bonds is 6. The maximum Gasteiger partial charge on any atom is 0.258 e. The van der Waals surface area contributed by atoms with Crippen LogP contribution in [0.2, 0.25) is 0 Å². The summed E-state index contributed by atoms with van der Waals surface area (Å²) < 4.78 is 0. The number of para-hydroxylation sites is 1. The second-order valence-electron chi connectivity index (χ2n) is 7.21. The Hall–Kier alpha value is -2.21. The number of amides is 1. The highest BCUT2D eigenvalue weighted by molar-refractivity contribution is 5.77. The van der Waals surface area contributed by atoms with Gasteiger partial charge in [-0.3, -0.25) is 9.59 Å². The zero-order valence-electron chi connectivity index (χ0n) is 14.5. The number of hydrogen-bond donors (Lipinski definition) is 3. The Morgan fingerprint density at radius 2 is 2.24 bits per heavy atom. The summed E-state index contributed by atoms with van der Waals surface area (Å²) in [6.07, 6.45) is 4.45. The first-order valence-electron chi connectivity index (χ1n) is 8.90. The molecule has 1 aliphatic carbocycles. The van der Waals surface area contributed by atoms with Crippen LogP contribution in [0, 0.1) is 5.41 Å². The summed E-state index contributed by atoms with van der Waals surface area (Å²) in [5.74, 6) is 0.604. The zero-order chi connectivity index (χ0) is 17.9. The highest BCUT2D eigenvalue weighted by Crippen LogP contribution is 2.37. The molecule has 1 aliphatic rings. The fraction of sp³-hybridized carbons (Fsp3) is 0.526. The van der Waals surface area contributed by atoms with Crippen LogP contribution in [-0.2, 0) is 11.2 Å². The number of aliphatic hydroxyl groups is 1. The molecule has 2 aromatic rings. The number of aromatic nitrogens is 2. The molecular weight excluding hydrogens is 318 g/mol. The smallest absolute Gasteiger partial charge is 0.258 e. The van der Waals surface area contributed by atoms with Crippen LogP contribution in [0.5, 0.6) is 0 Å². The summed E-state index contributed by atoms with van der Waals surface area (Å²) in [5.41, 5.74) is 0.325. The van der Waals surface area contributed by atoms with E-state index in [4.69, 9.17) is 0 Å². The van der Waals surface area contributed by atoms with Gasteiger partial charge in [0.15, 0.2) is 0 Å². The molecule has 2 atom stereocenters. The van der Waals surface area contributed by atoms with E-state index in [0.29, 0.717) is 36.0 Å². The van der Waals surface area contributed by atoms with E-state index in [1.807, 2.05) is 25.1 Å². The highest BCUT2D eigenvalue weighted by atomic mass is 16.3. The van der Waals surface area contributed by atoms with Crippen molar-refractivity contribution in [1.82, 2.24) is 15.3 Å². The van der Waals surface area contributed by atoms with Gasteiger partial charge in [-0.1, -0.05) is 25.5 Å². The molecule has 6 heteroatoms. The first kappa shape index (κ1) is 17.6. The summed E-state index contributed by atoms with van der Waals surface area (Å²) in [4.78, 5) is 31.5. The minimum atomic E-state index is -0.208. The van der Waals surface area contributed by atoms with E-state index in [1.54, 1.807) is 6.07 Å². The van der Waals surface area contributed by atoms with Gasteiger partial charge in [0.05, 0.1) is 17.5 Å². The first-order chi connectivity index (χ1) is 12.0. The fourth-order valence-electron chi connectivity index (χ4n) is 3.60. The van der Waals surface area contributed by atoms with Crippen LogP contribution in [0.4, 0.5) is 0 Å². The SMILES string of the molecule is CC1(CO)CCCC1NC(=O)CCCc1nc2ccccc2c(=O)[nH]1.